The van der Waals surface area contributed by atoms with E-state index in [-0.39, 0.29) is 13.4 Å². The molecule has 0 aliphatic carbocycles. The number of benzene rings is 9. The van der Waals surface area contributed by atoms with Crippen LogP contribution in [-0.2, 0) is 0 Å². The predicted octanol–water partition coefficient (Wildman–Crippen LogP) is 11.0. The van der Waals surface area contributed by atoms with Gasteiger partial charge in [-0.3, -0.25) is 0 Å². The molecule has 0 saturated heterocycles. The summed E-state index contributed by atoms with van der Waals surface area (Å²) in [6.45, 7) is 0.0307. The minimum absolute atomic E-state index is 0.0154. The Morgan fingerprint density at radius 2 is 0.903 bits per heavy atom. The van der Waals surface area contributed by atoms with Gasteiger partial charge in [-0.25, -0.2) is 0 Å². The molecule has 0 radical (unpaired) electrons. The van der Waals surface area contributed by atoms with E-state index in [1.165, 1.54) is 80.5 Å². The van der Waals surface area contributed by atoms with E-state index >= 15 is 0 Å². The van der Waals surface area contributed by atoms with Crippen LogP contribution >= 0.6 is 23.5 Å². The van der Waals surface area contributed by atoms with Crippen LogP contribution in [0.1, 0.15) is 0 Å². The average molecular weight is 825 g/mol. The summed E-state index contributed by atoms with van der Waals surface area (Å²) in [6.07, 6.45) is 0. The molecule has 4 aliphatic heterocycles. The van der Waals surface area contributed by atoms with Gasteiger partial charge in [-0.2, -0.15) is 0 Å². The lowest BCUT2D eigenvalue weighted by molar-refractivity contribution is 0.668. The monoisotopic (exact) mass is 824 g/mol. The van der Waals surface area contributed by atoms with Crippen molar-refractivity contribution in [3.05, 3.63) is 182 Å². The van der Waals surface area contributed by atoms with Gasteiger partial charge in [0.25, 0.3) is 0 Å². The van der Waals surface area contributed by atoms with Crippen molar-refractivity contribution < 1.29 is 8.83 Å². The van der Waals surface area contributed by atoms with E-state index in [0.717, 1.165) is 49.9 Å². The minimum atomic E-state index is 0.0154. The maximum atomic E-state index is 6.74. The summed E-state index contributed by atoms with van der Waals surface area (Å²) in [7, 11) is 0. The highest BCUT2D eigenvalue weighted by Gasteiger charge is 2.47. The maximum absolute atomic E-state index is 6.74. The molecule has 0 N–H and O–H groups in total. The molecule has 4 nitrogen and oxygen atoms in total. The molecule has 0 saturated carbocycles. The summed E-state index contributed by atoms with van der Waals surface area (Å²) < 4.78 is 13.5. The fourth-order valence-corrected chi connectivity index (χ4v) is 13.7. The van der Waals surface area contributed by atoms with Crippen LogP contribution in [0.15, 0.2) is 210 Å². The number of furan rings is 2. The summed E-state index contributed by atoms with van der Waals surface area (Å²) in [5, 5.41) is 4.66. The van der Waals surface area contributed by atoms with Gasteiger partial charge in [-0.1, -0.05) is 150 Å². The molecule has 0 amide bonds. The van der Waals surface area contributed by atoms with Crippen LogP contribution in [-0.4, -0.2) is 13.4 Å². The number of para-hydroxylation sites is 6. The Bertz CT molecular complexity index is 3730. The summed E-state index contributed by atoms with van der Waals surface area (Å²) >= 11 is 3.80. The average Bonchev–Trinajstić information content (AvgIpc) is 3.89. The van der Waals surface area contributed by atoms with Crippen molar-refractivity contribution in [1.82, 2.24) is 0 Å². The second kappa shape index (κ2) is 12.3. The van der Waals surface area contributed by atoms with Crippen molar-refractivity contribution in [2.24, 2.45) is 0 Å². The maximum Gasteiger partial charge on any atom is 0.249 e. The molecule has 6 heterocycles. The Morgan fingerprint density at radius 1 is 0.371 bits per heavy atom. The highest BCUT2D eigenvalue weighted by Crippen LogP contribution is 2.51. The third kappa shape index (κ3) is 4.38. The van der Waals surface area contributed by atoms with Gasteiger partial charge in [-0.15, -0.1) is 0 Å². The van der Waals surface area contributed by atoms with Crippen molar-refractivity contribution >= 4 is 148 Å². The van der Waals surface area contributed by atoms with Crippen molar-refractivity contribution in [1.29, 1.82) is 0 Å². The van der Waals surface area contributed by atoms with E-state index in [0.29, 0.717) is 0 Å². The van der Waals surface area contributed by atoms with Gasteiger partial charge in [0.05, 0.1) is 11.1 Å². The zero-order valence-corrected chi connectivity index (χ0v) is 34.6. The molecule has 11 aromatic rings. The fraction of sp³-hybridized carbons (Fsp3) is 0. The van der Waals surface area contributed by atoms with Crippen molar-refractivity contribution in [3.63, 3.8) is 0 Å². The van der Waals surface area contributed by atoms with Crippen LogP contribution in [0.2, 0.25) is 0 Å². The third-order valence-electron chi connectivity index (χ3n) is 13.5. The van der Waals surface area contributed by atoms with Gasteiger partial charge in [0.15, 0.2) is 0 Å². The number of hydrogen-bond donors (Lipinski definition) is 0. The molecule has 8 heteroatoms. The molecule has 0 bridgehead atoms. The largest absolute Gasteiger partial charge is 0.456 e. The third-order valence-corrected chi connectivity index (χ3v) is 15.9. The molecular weight excluding hydrogens is 794 g/mol. The van der Waals surface area contributed by atoms with E-state index in [9.17, 15) is 0 Å². The quantitative estimate of drug-likeness (QED) is 0.162. The Balaban J connectivity index is 1.03. The molecule has 4 aliphatic rings. The molecule has 0 fully saturated rings. The fourth-order valence-electron chi connectivity index (χ4n) is 11.1. The number of fused-ring (bicyclic) bond motifs is 16. The van der Waals surface area contributed by atoms with Crippen LogP contribution in [0.25, 0.3) is 43.9 Å². The first-order valence-corrected chi connectivity index (χ1v) is 22.8. The van der Waals surface area contributed by atoms with Crippen LogP contribution in [0.5, 0.6) is 0 Å². The highest BCUT2D eigenvalue weighted by molar-refractivity contribution is 8.01. The van der Waals surface area contributed by atoms with Crippen molar-refractivity contribution in [2.45, 2.75) is 19.6 Å². The van der Waals surface area contributed by atoms with Crippen LogP contribution in [0.4, 0.5) is 34.1 Å². The molecule has 9 aromatic carbocycles. The standard InChI is InChI=1S/C54H30B2N2O2S2/c1-3-15-31(16-4-1)57-39-23-11-9-21-35(39)55-38-27-37-46(30-47(38)62-54-50-34-20-8-14-26-43(34)59-44(50)28-41(57)51(54)55)61-48-29-45-49(33-19-7-13-25-42(33)60-45)53-52(48)56(37)36-22-10-12-24-40(36)58(53)32-17-5-2-6-18-32/h1-30H. The molecular formula is C54H30B2N2O2S2. The summed E-state index contributed by atoms with van der Waals surface area (Å²) in [4.78, 5) is 10.1. The van der Waals surface area contributed by atoms with E-state index in [1.807, 2.05) is 23.5 Å². The Kier molecular flexibility index (Phi) is 6.69. The summed E-state index contributed by atoms with van der Waals surface area (Å²) in [6, 6.07) is 66.5. The van der Waals surface area contributed by atoms with Crippen molar-refractivity contribution in [3.8, 4) is 0 Å². The topological polar surface area (TPSA) is 32.8 Å². The van der Waals surface area contributed by atoms with Crippen LogP contribution in [0.3, 0.4) is 0 Å². The molecule has 62 heavy (non-hydrogen) atoms. The Labute approximate surface area is 365 Å². The molecule has 15 rings (SSSR count). The summed E-state index contributed by atoms with van der Waals surface area (Å²) in [5.74, 6) is 0. The lowest BCUT2D eigenvalue weighted by Crippen LogP contribution is -2.63. The first-order chi connectivity index (χ1) is 30.8. The number of rotatable bonds is 2. The second-order valence-electron chi connectivity index (χ2n) is 16.7. The lowest BCUT2D eigenvalue weighted by atomic mass is 9.31. The smallest absolute Gasteiger partial charge is 0.249 e. The number of nitrogens with zero attached hydrogens (tertiary/aromatic N) is 2. The second-order valence-corrected chi connectivity index (χ2v) is 18.8. The SMILES string of the molecule is c1ccc(N2c3ccccc3B3c4cc5c(cc4Sc4c3c2cc2oc3ccccc3c42)Sc2cc3oc4ccccc4c3c3c2B5c2ccccc2N3c2ccccc2)cc1. The van der Waals surface area contributed by atoms with Gasteiger partial charge >= 0.3 is 0 Å². The van der Waals surface area contributed by atoms with Gasteiger partial charge < -0.3 is 18.6 Å². The summed E-state index contributed by atoms with van der Waals surface area (Å²) in [5.41, 5.74) is 18.8. The van der Waals surface area contributed by atoms with E-state index in [4.69, 9.17) is 8.83 Å². The van der Waals surface area contributed by atoms with Gasteiger partial charge in [0, 0.05) is 70.2 Å². The zero-order valence-electron chi connectivity index (χ0n) is 33.0. The van der Waals surface area contributed by atoms with Gasteiger partial charge in [0.2, 0.25) is 13.4 Å². The van der Waals surface area contributed by atoms with Crippen LogP contribution in [0, 0.1) is 0 Å². The first kappa shape index (κ1) is 33.7. The molecule has 286 valence electrons. The first-order valence-electron chi connectivity index (χ1n) is 21.1. The minimum Gasteiger partial charge on any atom is -0.456 e. The number of hydrogen-bond acceptors (Lipinski definition) is 6. The highest BCUT2D eigenvalue weighted by atomic mass is 32.2. The lowest BCUT2D eigenvalue weighted by Gasteiger charge is -2.42. The molecule has 0 unspecified atom stereocenters. The van der Waals surface area contributed by atoms with E-state index in [1.54, 1.807) is 0 Å². The normalized spacial score (nSPS) is 14.2. The number of anilines is 6. The Hall–Kier alpha value is -6.99. The van der Waals surface area contributed by atoms with Crippen molar-refractivity contribution in [2.75, 3.05) is 9.80 Å². The van der Waals surface area contributed by atoms with E-state index in [2.05, 4.69) is 192 Å². The molecule has 0 atom stereocenters. The predicted molar refractivity (Wildman–Crippen MR) is 261 cm³/mol. The van der Waals surface area contributed by atoms with Gasteiger partial charge in [0.1, 0.15) is 22.3 Å². The van der Waals surface area contributed by atoms with Crippen LogP contribution < -0.4 is 42.6 Å². The Morgan fingerprint density at radius 3 is 1.60 bits per heavy atom. The zero-order chi connectivity index (χ0) is 40.2. The van der Waals surface area contributed by atoms with Gasteiger partial charge in [-0.05, 0) is 82.5 Å². The molecule has 2 aromatic heterocycles. The molecule has 0 spiro atoms. The van der Waals surface area contributed by atoms with E-state index < -0.39 is 0 Å².